The minimum Gasteiger partial charge on any atom is -0.508 e. The SMILES string of the molecule is C[C@H]1c2ccc(NC(=O)CCCCCCCCCCCP(C)(C)(C)Cl)c(O)c2C(O)=C2C(=O)[C@]3(O)C(O)=C(C(N)=O)C(=O)[C@@H](N(C)C)[C@@H]3[C@@H](O)[C@@H]21. The summed E-state index contributed by atoms with van der Waals surface area (Å²) in [5, 5.41) is 60.1. The van der Waals surface area contributed by atoms with E-state index in [0.29, 0.717) is 12.0 Å². The van der Waals surface area contributed by atoms with Gasteiger partial charge in [0, 0.05) is 11.5 Å². The van der Waals surface area contributed by atoms with Crippen LogP contribution >= 0.6 is 17.2 Å². The summed E-state index contributed by atoms with van der Waals surface area (Å²) in [6.45, 7) is 8.21. The predicted octanol–water partition coefficient (Wildman–Crippen LogP) is 4.93. The standard InChI is InChI=1S/C37H55ClN3O9P/c1-20-21-17-18-22(40-23(42)16-14-12-10-8-7-9-11-13-15-19-51(4,5,6)38)30(43)25(21)31(44)26-24(20)32(45)28-29(41(2)3)33(46)27(36(39)49)35(48)37(28,50)34(26)47/h17-18,20,24,28-29,32,43-45,48,50H,7-16,19H2,1-6H3,(H2,39,49)(H,40,42)/t20-,24+,28+,29-,32-,37-/m0/s1. The van der Waals surface area contributed by atoms with E-state index in [4.69, 9.17) is 17.0 Å². The molecule has 51 heavy (non-hydrogen) atoms. The van der Waals surface area contributed by atoms with Crippen molar-refractivity contribution in [1.29, 1.82) is 0 Å². The smallest absolute Gasteiger partial charge is 0.255 e. The van der Waals surface area contributed by atoms with Crippen LogP contribution in [0.5, 0.6) is 5.75 Å². The second-order valence-corrected chi connectivity index (χ2v) is 26.1. The Labute approximate surface area is 304 Å². The first-order chi connectivity index (χ1) is 23.6. The van der Waals surface area contributed by atoms with Crippen molar-refractivity contribution in [1.82, 2.24) is 4.90 Å². The van der Waals surface area contributed by atoms with E-state index in [1.807, 2.05) is 0 Å². The number of carbonyl (C=O) groups excluding carboxylic acids is 4. The first-order valence-electron chi connectivity index (χ1n) is 17.8. The number of aliphatic hydroxyl groups excluding tert-OH is 3. The number of aliphatic hydroxyl groups is 4. The van der Waals surface area contributed by atoms with Gasteiger partial charge in [-0.25, -0.2) is 0 Å². The molecule has 12 nitrogen and oxygen atoms in total. The Morgan fingerprint density at radius 1 is 0.961 bits per heavy atom. The van der Waals surface area contributed by atoms with Crippen LogP contribution < -0.4 is 11.1 Å². The maximum atomic E-state index is 14.2. The number of carbonyl (C=O) groups is 4. The molecule has 3 aliphatic carbocycles. The van der Waals surface area contributed by atoms with Gasteiger partial charge in [-0.1, -0.05) is 13.0 Å². The van der Waals surface area contributed by atoms with Crippen molar-refractivity contribution in [2.24, 2.45) is 17.6 Å². The number of hydrogen-bond donors (Lipinski definition) is 7. The average molecular weight is 752 g/mol. The van der Waals surface area contributed by atoms with Gasteiger partial charge in [-0.2, -0.15) is 0 Å². The molecular weight excluding hydrogens is 697 g/mol. The first kappa shape index (κ1) is 40.7. The van der Waals surface area contributed by atoms with Gasteiger partial charge in [0.1, 0.15) is 22.8 Å². The van der Waals surface area contributed by atoms with Gasteiger partial charge >= 0.3 is 113 Å². The number of rotatable bonds is 15. The molecule has 0 bridgehead atoms. The Balaban J connectivity index is 1.45. The number of likely N-dealkylation sites (N-methyl/N-ethyl adjacent to an activating group) is 1. The van der Waals surface area contributed by atoms with Gasteiger partial charge in [0.2, 0.25) is 5.78 Å². The third kappa shape index (κ3) is 8.15. The zero-order valence-corrected chi connectivity index (χ0v) is 32.2. The minimum atomic E-state index is -2.99. The predicted molar refractivity (Wildman–Crippen MR) is 201 cm³/mol. The van der Waals surface area contributed by atoms with E-state index >= 15 is 0 Å². The Morgan fingerprint density at radius 2 is 1.51 bits per heavy atom. The summed E-state index contributed by atoms with van der Waals surface area (Å²) in [7, 11) is 2.90. The van der Waals surface area contributed by atoms with Crippen LogP contribution in [-0.4, -0.2) is 112 Å². The van der Waals surface area contributed by atoms with Crippen LogP contribution in [-0.2, 0) is 19.2 Å². The maximum Gasteiger partial charge on any atom is 0.255 e. The van der Waals surface area contributed by atoms with Crippen molar-refractivity contribution in [2.45, 2.75) is 94.8 Å². The van der Waals surface area contributed by atoms with Gasteiger partial charge in [-0.15, -0.1) is 0 Å². The normalized spacial score (nSPS) is 27.1. The summed E-state index contributed by atoms with van der Waals surface area (Å²) in [6.07, 6.45) is 9.19. The zero-order valence-electron chi connectivity index (χ0n) is 30.5. The van der Waals surface area contributed by atoms with Gasteiger partial charge in [0.15, 0.2) is 11.4 Å². The molecule has 0 aromatic heterocycles. The Morgan fingerprint density at radius 3 is 2.04 bits per heavy atom. The van der Waals surface area contributed by atoms with Gasteiger partial charge in [0.05, 0.1) is 29.3 Å². The van der Waals surface area contributed by atoms with Crippen molar-refractivity contribution in [3.63, 3.8) is 0 Å². The molecule has 1 fully saturated rings. The topological polar surface area (TPSA) is 211 Å². The molecule has 1 aromatic rings. The number of phenols is 1. The number of primary amides is 1. The van der Waals surface area contributed by atoms with E-state index in [1.54, 1.807) is 13.0 Å². The van der Waals surface area contributed by atoms with Crippen LogP contribution in [0, 0.1) is 11.8 Å². The van der Waals surface area contributed by atoms with Crippen LogP contribution in [0.15, 0.2) is 29.0 Å². The van der Waals surface area contributed by atoms with Crippen molar-refractivity contribution in [3.05, 3.63) is 40.2 Å². The molecule has 284 valence electrons. The summed E-state index contributed by atoms with van der Waals surface area (Å²) in [5.41, 5.74) is 1.09. The van der Waals surface area contributed by atoms with Crippen LogP contribution in [0.1, 0.15) is 88.2 Å². The van der Waals surface area contributed by atoms with Crippen LogP contribution in [0.4, 0.5) is 5.69 Å². The molecule has 4 rings (SSSR count). The van der Waals surface area contributed by atoms with Crippen LogP contribution in [0.3, 0.4) is 0 Å². The Hall–Kier alpha value is -3.02. The number of unbranched alkanes of at least 4 members (excludes halogenated alkanes) is 8. The quantitative estimate of drug-likeness (QED) is 0.0556. The number of fused-ring (bicyclic) bond motifs is 3. The minimum absolute atomic E-state index is 0.000641. The number of hydrogen-bond acceptors (Lipinski definition) is 10. The third-order valence-corrected chi connectivity index (χ3v) is 13.1. The number of benzene rings is 1. The molecule has 2 amide bonds. The fraction of sp³-hybridized carbons (Fsp3) is 0.622. The van der Waals surface area contributed by atoms with Crippen molar-refractivity contribution in [2.75, 3.05) is 45.6 Å². The summed E-state index contributed by atoms with van der Waals surface area (Å²) < 4.78 is 0. The molecular formula is C37H55ClN3O9P. The van der Waals surface area contributed by atoms with E-state index < -0.39 is 87.3 Å². The van der Waals surface area contributed by atoms with E-state index in [1.165, 1.54) is 50.7 Å². The molecule has 6 atom stereocenters. The van der Waals surface area contributed by atoms with Gasteiger partial charge in [0.25, 0.3) is 5.91 Å². The van der Waals surface area contributed by atoms with Crippen LogP contribution in [0.25, 0.3) is 5.76 Å². The van der Waals surface area contributed by atoms with E-state index in [2.05, 4.69) is 25.3 Å². The number of nitrogens with two attached hydrogens (primary N) is 1. The number of amides is 2. The summed E-state index contributed by atoms with van der Waals surface area (Å²) in [5.74, 6) is -12.0. The molecule has 0 saturated heterocycles. The molecule has 14 heteroatoms. The van der Waals surface area contributed by atoms with Crippen molar-refractivity contribution < 1.29 is 44.7 Å². The van der Waals surface area contributed by atoms with Gasteiger partial charge in [-0.3, -0.25) is 24.1 Å². The molecule has 1 saturated carbocycles. The third-order valence-electron chi connectivity index (χ3n) is 10.7. The van der Waals surface area contributed by atoms with Gasteiger partial charge < -0.3 is 36.6 Å². The number of Topliss-reactive ketones (excluding diaryl/α,β-unsaturated/α-hetero) is 2. The Bertz CT molecular complexity index is 1640. The second-order valence-electron chi connectivity index (χ2n) is 16.1. The number of aromatic hydroxyl groups is 1. The fourth-order valence-electron chi connectivity index (χ4n) is 8.10. The van der Waals surface area contributed by atoms with E-state index in [0.717, 1.165) is 31.8 Å². The molecule has 3 aliphatic rings. The molecule has 1 aromatic carbocycles. The van der Waals surface area contributed by atoms with Crippen molar-refractivity contribution in [3.8, 4) is 5.75 Å². The number of halogens is 1. The maximum absolute atomic E-state index is 14.2. The molecule has 0 radical (unpaired) electrons. The number of anilines is 1. The average Bonchev–Trinajstić information content (AvgIpc) is 3.01. The van der Waals surface area contributed by atoms with Crippen LogP contribution in [0.2, 0.25) is 0 Å². The largest absolute Gasteiger partial charge is 0.508 e. The summed E-state index contributed by atoms with van der Waals surface area (Å²) >= 11 is 6.62. The number of nitrogens with one attached hydrogen (secondary N) is 1. The molecule has 0 unspecified atom stereocenters. The molecule has 0 aliphatic heterocycles. The number of phenolic OH excluding ortho intramolecular Hbond substituents is 1. The summed E-state index contributed by atoms with van der Waals surface area (Å²) in [4.78, 5) is 53.9. The Kier molecular flexibility index (Phi) is 12.1. The number of ketones is 2. The number of nitrogens with zero attached hydrogens (tertiary/aromatic N) is 1. The molecule has 0 heterocycles. The van der Waals surface area contributed by atoms with E-state index in [-0.39, 0.29) is 23.6 Å². The van der Waals surface area contributed by atoms with E-state index in [9.17, 15) is 44.7 Å². The van der Waals surface area contributed by atoms with Gasteiger partial charge in [-0.05, 0) is 31.6 Å². The fourth-order valence-corrected chi connectivity index (χ4v) is 9.75. The second kappa shape index (κ2) is 15.1. The molecule has 0 spiro atoms. The molecule has 8 N–H and O–H groups in total. The zero-order chi connectivity index (χ0) is 38.2. The summed E-state index contributed by atoms with van der Waals surface area (Å²) in [6, 6.07) is 1.62. The first-order valence-corrected chi connectivity index (χ1v) is 22.5. The van der Waals surface area contributed by atoms with Crippen molar-refractivity contribution >= 4 is 52.0 Å². The monoisotopic (exact) mass is 751 g/mol.